The van der Waals surface area contributed by atoms with Gasteiger partial charge in [-0.15, -0.1) is 0 Å². The van der Waals surface area contributed by atoms with Crippen molar-refractivity contribution in [2.45, 2.75) is 43.9 Å². The number of anilines is 1. The summed E-state index contributed by atoms with van der Waals surface area (Å²) in [6.45, 7) is 4.34. The molecule has 0 saturated carbocycles. The van der Waals surface area contributed by atoms with Gasteiger partial charge < -0.3 is 9.80 Å². The van der Waals surface area contributed by atoms with E-state index in [-0.39, 0.29) is 11.3 Å². The zero-order chi connectivity index (χ0) is 19.7. The largest absolute Gasteiger partial charge is 0.312 e. The zero-order valence-corrected chi connectivity index (χ0v) is 17.1. The van der Waals surface area contributed by atoms with Gasteiger partial charge in [0, 0.05) is 24.1 Å². The summed E-state index contributed by atoms with van der Waals surface area (Å²) in [6, 6.07) is 17.3. The molecule has 0 radical (unpaired) electrons. The molecule has 1 fully saturated rings. The van der Waals surface area contributed by atoms with Crippen molar-refractivity contribution in [3.05, 3.63) is 71.3 Å². The summed E-state index contributed by atoms with van der Waals surface area (Å²) in [7, 11) is 0. The van der Waals surface area contributed by atoms with Gasteiger partial charge in [0.15, 0.2) is 0 Å². The molecule has 5 rings (SSSR count). The molecule has 0 unspecified atom stereocenters. The van der Waals surface area contributed by atoms with Gasteiger partial charge in [0.2, 0.25) is 5.91 Å². The number of nitrogens with zero attached hydrogens (tertiary/aromatic N) is 2. The van der Waals surface area contributed by atoms with Crippen LogP contribution in [0.3, 0.4) is 0 Å². The highest BCUT2D eigenvalue weighted by Gasteiger charge is 2.37. The highest BCUT2D eigenvalue weighted by molar-refractivity contribution is 5.96. The second-order valence-corrected chi connectivity index (χ2v) is 8.80. The number of allylic oxidation sites excluding steroid dienone is 1. The number of rotatable bonds is 5. The molecule has 3 nitrogen and oxygen atoms in total. The number of piperidine rings is 1. The third-order valence-corrected chi connectivity index (χ3v) is 7.13. The maximum atomic E-state index is 12.4. The van der Waals surface area contributed by atoms with Crippen molar-refractivity contribution in [2.24, 2.45) is 0 Å². The average molecular weight is 387 g/mol. The molecule has 1 spiro atoms. The quantitative estimate of drug-likeness (QED) is 0.689. The molecule has 2 aromatic carbocycles. The molecule has 3 aliphatic rings. The summed E-state index contributed by atoms with van der Waals surface area (Å²) in [5, 5.41) is 0. The number of aryl methyl sites for hydroxylation is 1. The molecule has 0 bridgehead atoms. The summed E-state index contributed by atoms with van der Waals surface area (Å²) in [5.41, 5.74) is 5.67. The highest BCUT2D eigenvalue weighted by Crippen LogP contribution is 2.43. The van der Waals surface area contributed by atoms with Crippen molar-refractivity contribution < 1.29 is 4.79 Å². The van der Waals surface area contributed by atoms with Crippen LogP contribution in [0.25, 0.3) is 6.08 Å². The van der Waals surface area contributed by atoms with Gasteiger partial charge in [-0.2, -0.15) is 0 Å². The Morgan fingerprint density at radius 2 is 1.62 bits per heavy atom. The van der Waals surface area contributed by atoms with Gasteiger partial charge in [-0.1, -0.05) is 54.6 Å². The number of likely N-dealkylation sites (tertiary alicyclic amines) is 1. The number of hydrogen-bond donors (Lipinski definition) is 0. The fraction of sp³-hybridized carbons (Fsp3) is 0.423. The fourth-order valence-electron chi connectivity index (χ4n) is 5.39. The van der Waals surface area contributed by atoms with E-state index in [9.17, 15) is 4.79 Å². The average Bonchev–Trinajstić information content (AvgIpc) is 3.12. The normalized spacial score (nSPS) is 20.1. The second kappa shape index (κ2) is 7.79. The molecule has 150 valence electrons. The molecular weight excluding hydrogens is 356 g/mol. The first-order valence-electron chi connectivity index (χ1n) is 11.1. The van der Waals surface area contributed by atoms with Crippen molar-refractivity contribution in [3.8, 4) is 0 Å². The van der Waals surface area contributed by atoms with E-state index in [0.717, 1.165) is 38.0 Å². The lowest BCUT2D eigenvalue weighted by atomic mass is 9.74. The first-order valence-corrected chi connectivity index (χ1v) is 11.1. The maximum Gasteiger partial charge on any atom is 0.227 e. The Balaban J connectivity index is 1.11. The molecule has 1 amide bonds. The fourth-order valence-corrected chi connectivity index (χ4v) is 5.39. The predicted octanol–water partition coefficient (Wildman–Crippen LogP) is 4.81. The Labute approximate surface area is 174 Å². The molecule has 2 aromatic rings. The standard InChI is InChI=1S/C26H30N2O/c29-25-12-11-22-8-2-4-10-24(22)28(25)18-6-5-17-27-19-15-26(16-20-27)14-13-21-7-1-3-9-23(21)26/h1-4,7-10,13-14H,5-6,11-12,15-20H2. The third-order valence-electron chi connectivity index (χ3n) is 7.13. The van der Waals surface area contributed by atoms with Gasteiger partial charge in [0.05, 0.1) is 0 Å². The van der Waals surface area contributed by atoms with Crippen LogP contribution in [0, 0.1) is 0 Å². The van der Waals surface area contributed by atoms with Crippen LogP contribution in [0.1, 0.15) is 48.8 Å². The zero-order valence-electron chi connectivity index (χ0n) is 17.1. The van der Waals surface area contributed by atoms with E-state index in [0.29, 0.717) is 6.42 Å². The summed E-state index contributed by atoms with van der Waals surface area (Å²) >= 11 is 0. The van der Waals surface area contributed by atoms with E-state index < -0.39 is 0 Å². The molecule has 0 N–H and O–H groups in total. The predicted molar refractivity (Wildman–Crippen MR) is 119 cm³/mol. The Morgan fingerprint density at radius 3 is 2.52 bits per heavy atom. The summed E-state index contributed by atoms with van der Waals surface area (Å²) in [6.07, 6.45) is 11.0. The van der Waals surface area contributed by atoms with E-state index in [2.05, 4.69) is 59.5 Å². The van der Waals surface area contributed by atoms with Crippen molar-refractivity contribution in [2.75, 3.05) is 31.1 Å². The van der Waals surface area contributed by atoms with Crippen LogP contribution in [0.2, 0.25) is 0 Å². The van der Waals surface area contributed by atoms with Crippen LogP contribution >= 0.6 is 0 Å². The minimum absolute atomic E-state index is 0.275. The molecule has 0 atom stereocenters. The summed E-state index contributed by atoms with van der Waals surface area (Å²) < 4.78 is 0. The molecular formula is C26H30N2O. The molecule has 29 heavy (non-hydrogen) atoms. The molecule has 1 aliphatic carbocycles. The van der Waals surface area contributed by atoms with Crippen molar-refractivity contribution in [1.82, 2.24) is 4.90 Å². The first kappa shape index (κ1) is 18.6. The number of benzene rings is 2. The number of amides is 1. The van der Waals surface area contributed by atoms with Gasteiger partial charge in [-0.3, -0.25) is 4.79 Å². The van der Waals surface area contributed by atoms with Crippen LogP contribution in [0.15, 0.2) is 54.6 Å². The topological polar surface area (TPSA) is 23.6 Å². The molecule has 2 aliphatic heterocycles. The number of fused-ring (bicyclic) bond motifs is 3. The smallest absolute Gasteiger partial charge is 0.227 e. The number of carbonyl (C=O) groups excluding carboxylic acids is 1. The van der Waals surface area contributed by atoms with E-state index in [1.165, 1.54) is 42.6 Å². The van der Waals surface area contributed by atoms with Crippen LogP contribution in [-0.4, -0.2) is 37.0 Å². The molecule has 2 heterocycles. The SMILES string of the molecule is O=C1CCc2ccccc2N1CCCCN1CCC2(C=Cc3ccccc32)CC1. The maximum absolute atomic E-state index is 12.4. The number of hydrogen-bond acceptors (Lipinski definition) is 2. The Bertz CT molecular complexity index is 924. The Morgan fingerprint density at radius 1 is 0.862 bits per heavy atom. The second-order valence-electron chi connectivity index (χ2n) is 8.80. The van der Waals surface area contributed by atoms with Crippen molar-refractivity contribution >= 4 is 17.7 Å². The van der Waals surface area contributed by atoms with Crippen molar-refractivity contribution in [1.29, 1.82) is 0 Å². The lowest BCUT2D eigenvalue weighted by molar-refractivity contribution is -0.118. The van der Waals surface area contributed by atoms with Gasteiger partial charge >= 0.3 is 0 Å². The molecule has 3 heteroatoms. The van der Waals surface area contributed by atoms with Gasteiger partial charge in [-0.05, 0) is 74.5 Å². The first-order chi connectivity index (χ1) is 14.3. The summed E-state index contributed by atoms with van der Waals surface area (Å²) in [5.74, 6) is 0.287. The van der Waals surface area contributed by atoms with Gasteiger partial charge in [0.25, 0.3) is 0 Å². The van der Waals surface area contributed by atoms with Crippen LogP contribution in [0.4, 0.5) is 5.69 Å². The lowest BCUT2D eigenvalue weighted by Crippen LogP contribution is -2.41. The minimum atomic E-state index is 0.275. The minimum Gasteiger partial charge on any atom is -0.312 e. The highest BCUT2D eigenvalue weighted by atomic mass is 16.2. The number of unbranched alkanes of at least 4 members (excludes halogenated alkanes) is 1. The molecule has 1 saturated heterocycles. The Kier molecular flexibility index (Phi) is 5.01. The van der Waals surface area contributed by atoms with E-state index in [4.69, 9.17) is 0 Å². The lowest BCUT2D eigenvalue weighted by Gasteiger charge is -2.39. The van der Waals surface area contributed by atoms with E-state index in [1.807, 2.05) is 11.0 Å². The van der Waals surface area contributed by atoms with E-state index >= 15 is 0 Å². The number of carbonyl (C=O) groups is 1. The van der Waals surface area contributed by atoms with Gasteiger partial charge in [0.1, 0.15) is 0 Å². The number of para-hydroxylation sites is 1. The Hall–Kier alpha value is -2.39. The summed E-state index contributed by atoms with van der Waals surface area (Å²) in [4.78, 5) is 17.0. The monoisotopic (exact) mass is 386 g/mol. The van der Waals surface area contributed by atoms with E-state index in [1.54, 1.807) is 0 Å². The van der Waals surface area contributed by atoms with Crippen LogP contribution in [0.5, 0.6) is 0 Å². The molecule has 0 aromatic heterocycles. The van der Waals surface area contributed by atoms with Crippen LogP contribution < -0.4 is 4.90 Å². The van der Waals surface area contributed by atoms with Crippen molar-refractivity contribution in [3.63, 3.8) is 0 Å². The third kappa shape index (κ3) is 3.53. The van der Waals surface area contributed by atoms with Crippen LogP contribution in [-0.2, 0) is 16.6 Å². The van der Waals surface area contributed by atoms with Gasteiger partial charge in [-0.25, -0.2) is 0 Å².